The van der Waals surface area contributed by atoms with E-state index in [4.69, 9.17) is 4.84 Å². The first-order valence-corrected chi connectivity index (χ1v) is 9.59. The Morgan fingerprint density at radius 3 is 2.79 bits per heavy atom. The van der Waals surface area contributed by atoms with Crippen molar-refractivity contribution >= 4 is 5.71 Å². The molecule has 1 heterocycles. The molecule has 0 radical (unpaired) electrons. The molecule has 0 saturated heterocycles. The maximum atomic E-state index is 5.68. The molecule has 1 aromatic heterocycles. The zero-order valence-corrected chi connectivity index (χ0v) is 16.0. The number of imidazole rings is 1. The third-order valence-electron chi connectivity index (χ3n) is 4.68. The lowest BCUT2D eigenvalue weighted by molar-refractivity contribution is 0.130. The van der Waals surface area contributed by atoms with Gasteiger partial charge in [-0.3, -0.25) is 0 Å². The van der Waals surface area contributed by atoms with Crippen LogP contribution in [0.3, 0.4) is 0 Å². The minimum absolute atomic E-state index is 0.443. The molecule has 2 aromatic carbocycles. The van der Waals surface area contributed by atoms with Gasteiger partial charge in [-0.2, -0.15) is 0 Å². The van der Waals surface area contributed by atoms with Crippen LogP contribution >= 0.6 is 0 Å². The molecule has 1 fully saturated rings. The number of oxime groups is 1. The molecule has 4 nitrogen and oxygen atoms in total. The Hall–Kier alpha value is -3.32. The van der Waals surface area contributed by atoms with Gasteiger partial charge >= 0.3 is 0 Å². The second-order valence-corrected chi connectivity index (χ2v) is 7.11. The number of hydrogen-bond acceptors (Lipinski definition) is 3. The highest BCUT2D eigenvalue weighted by Gasteiger charge is 2.17. The number of benzene rings is 2. The monoisotopic (exact) mass is 369 g/mol. The van der Waals surface area contributed by atoms with Crippen LogP contribution in [0, 0.1) is 24.7 Å². The van der Waals surface area contributed by atoms with Gasteiger partial charge in [0.15, 0.2) is 0 Å². The first-order valence-electron chi connectivity index (χ1n) is 9.59. The molecule has 1 aliphatic rings. The summed E-state index contributed by atoms with van der Waals surface area (Å²) in [7, 11) is 0. The number of nitrogens with zero attached hydrogens (tertiary/aromatic N) is 3. The predicted molar refractivity (Wildman–Crippen MR) is 111 cm³/mol. The molecule has 0 spiro atoms. The molecule has 1 saturated carbocycles. The standard InChI is InChI=1S/C24H23N3O/c1-19-15-21(10-9-20-7-8-20)11-12-23(19)24(16-27-14-13-25-18-27)26-28-17-22-5-3-2-4-6-22/h2-6,11-15,18,20H,7-8,16-17H2,1H3/b26-24+. The molecule has 1 aliphatic carbocycles. The summed E-state index contributed by atoms with van der Waals surface area (Å²) in [6.45, 7) is 3.14. The van der Waals surface area contributed by atoms with Gasteiger partial charge in [-0.25, -0.2) is 4.98 Å². The van der Waals surface area contributed by atoms with Crippen molar-refractivity contribution < 1.29 is 4.84 Å². The molecule has 3 aromatic rings. The normalized spacial score (nSPS) is 13.7. The fourth-order valence-electron chi connectivity index (χ4n) is 2.95. The van der Waals surface area contributed by atoms with E-state index in [1.807, 2.05) is 41.1 Å². The van der Waals surface area contributed by atoms with Gasteiger partial charge in [-0.1, -0.05) is 53.4 Å². The summed E-state index contributed by atoms with van der Waals surface area (Å²) in [5.41, 5.74) is 5.23. The van der Waals surface area contributed by atoms with Crippen LogP contribution in [0.4, 0.5) is 0 Å². The molecule has 0 aliphatic heterocycles. The molecule has 140 valence electrons. The molecule has 0 amide bonds. The summed E-state index contributed by atoms with van der Waals surface area (Å²) < 4.78 is 1.99. The van der Waals surface area contributed by atoms with Gasteiger partial charge in [0.2, 0.25) is 0 Å². The number of aryl methyl sites for hydroxylation is 1. The van der Waals surface area contributed by atoms with Crippen LogP contribution in [-0.4, -0.2) is 15.3 Å². The molecular weight excluding hydrogens is 346 g/mol. The van der Waals surface area contributed by atoms with Crippen LogP contribution in [-0.2, 0) is 18.0 Å². The van der Waals surface area contributed by atoms with Crippen molar-refractivity contribution in [3.8, 4) is 11.8 Å². The minimum Gasteiger partial charge on any atom is -0.391 e. The van der Waals surface area contributed by atoms with Gasteiger partial charge < -0.3 is 9.40 Å². The zero-order valence-electron chi connectivity index (χ0n) is 16.0. The quantitative estimate of drug-likeness (QED) is 0.363. The van der Waals surface area contributed by atoms with E-state index in [0.29, 0.717) is 19.1 Å². The predicted octanol–water partition coefficient (Wildman–Crippen LogP) is 4.57. The molecule has 0 bridgehead atoms. The molecule has 4 rings (SSSR count). The summed E-state index contributed by atoms with van der Waals surface area (Å²) in [6, 6.07) is 16.3. The summed E-state index contributed by atoms with van der Waals surface area (Å²) in [5, 5.41) is 4.47. The van der Waals surface area contributed by atoms with Crippen LogP contribution in [0.1, 0.15) is 35.1 Å². The lowest BCUT2D eigenvalue weighted by Crippen LogP contribution is -2.13. The Morgan fingerprint density at radius 2 is 2.07 bits per heavy atom. The topological polar surface area (TPSA) is 39.4 Å². The van der Waals surface area contributed by atoms with Crippen LogP contribution in [0.15, 0.2) is 72.4 Å². The van der Waals surface area contributed by atoms with E-state index in [1.54, 1.807) is 12.5 Å². The Bertz CT molecular complexity index is 1010. The largest absolute Gasteiger partial charge is 0.391 e. The number of rotatable bonds is 6. The fraction of sp³-hybridized carbons (Fsp3) is 0.250. The number of aromatic nitrogens is 2. The first kappa shape index (κ1) is 18.1. The summed E-state index contributed by atoms with van der Waals surface area (Å²) >= 11 is 0. The van der Waals surface area contributed by atoms with Gasteiger partial charge in [0.1, 0.15) is 12.3 Å². The zero-order chi connectivity index (χ0) is 19.2. The van der Waals surface area contributed by atoms with Gasteiger partial charge in [0.25, 0.3) is 0 Å². The van der Waals surface area contributed by atoms with Crippen LogP contribution in [0.5, 0.6) is 0 Å². The van der Waals surface area contributed by atoms with Crippen molar-refractivity contribution in [1.29, 1.82) is 0 Å². The molecule has 0 unspecified atom stereocenters. The Morgan fingerprint density at radius 1 is 1.21 bits per heavy atom. The van der Waals surface area contributed by atoms with Crippen molar-refractivity contribution in [2.24, 2.45) is 11.1 Å². The Labute approximate surface area is 165 Å². The maximum Gasteiger partial charge on any atom is 0.142 e. The molecule has 4 heteroatoms. The van der Waals surface area contributed by atoms with Crippen molar-refractivity contribution in [2.45, 2.75) is 32.9 Å². The smallest absolute Gasteiger partial charge is 0.142 e. The van der Waals surface area contributed by atoms with Crippen LogP contribution < -0.4 is 0 Å². The SMILES string of the molecule is Cc1cc(C#CC2CC2)ccc1/C(Cn1ccnc1)=N/OCc1ccccc1. The summed E-state index contributed by atoms with van der Waals surface area (Å²) in [6.07, 6.45) is 7.97. The number of hydrogen-bond donors (Lipinski definition) is 0. The fourth-order valence-corrected chi connectivity index (χ4v) is 2.95. The van der Waals surface area contributed by atoms with E-state index in [0.717, 1.165) is 28.0 Å². The third-order valence-corrected chi connectivity index (χ3v) is 4.68. The van der Waals surface area contributed by atoms with Gasteiger partial charge in [0, 0.05) is 29.4 Å². The lowest BCUT2D eigenvalue weighted by atomic mass is 10.0. The van der Waals surface area contributed by atoms with Crippen molar-refractivity contribution in [1.82, 2.24) is 9.55 Å². The van der Waals surface area contributed by atoms with Gasteiger partial charge in [-0.15, -0.1) is 0 Å². The molecule has 28 heavy (non-hydrogen) atoms. The van der Waals surface area contributed by atoms with Crippen LogP contribution in [0.2, 0.25) is 0 Å². The van der Waals surface area contributed by atoms with E-state index in [-0.39, 0.29) is 0 Å². The molecule has 0 N–H and O–H groups in total. The highest BCUT2D eigenvalue weighted by Crippen LogP contribution is 2.27. The summed E-state index contributed by atoms with van der Waals surface area (Å²) in [5.74, 6) is 7.21. The van der Waals surface area contributed by atoms with E-state index < -0.39 is 0 Å². The highest BCUT2D eigenvalue weighted by atomic mass is 16.6. The second kappa shape index (κ2) is 8.58. The average Bonchev–Trinajstić information content (AvgIpc) is 3.41. The average molecular weight is 369 g/mol. The highest BCUT2D eigenvalue weighted by molar-refractivity contribution is 6.01. The molecular formula is C24H23N3O. The Balaban J connectivity index is 1.55. The Kier molecular flexibility index (Phi) is 5.53. The van der Waals surface area contributed by atoms with E-state index in [9.17, 15) is 0 Å². The minimum atomic E-state index is 0.443. The van der Waals surface area contributed by atoms with E-state index >= 15 is 0 Å². The second-order valence-electron chi connectivity index (χ2n) is 7.11. The van der Waals surface area contributed by atoms with Gasteiger partial charge in [-0.05, 0) is 43.0 Å². The molecule has 0 atom stereocenters. The summed E-state index contributed by atoms with van der Waals surface area (Å²) in [4.78, 5) is 9.81. The third kappa shape index (κ3) is 4.89. The lowest BCUT2D eigenvalue weighted by Gasteiger charge is -2.11. The van der Waals surface area contributed by atoms with Crippen molar-refractivity contribution in [3.05, 3.63) is 89.5 Å². The van der Waals surface area contributed by atoms with Crippen molar-refractivity contribution in [3.63, 3.8) is 0 Å². The first-order chi connectivity index (χ1) is 13.8. The van der Waals surface area contributed by atoms with E-state index in [1.165, 1.54) is 12.8 Å². The van der Waals surface area contributed by atoms with Gasteiger partial charge in [0.05, 0.1) is 12.9 Å². The van der Waals surface area contributed by atoms with Crippen LogP contribution in [0.25, 0.3) is 0 Å². The van der Waals surface area contributed by atoms with Crippen molar-refractivity contribution in [2.75, 3.05) is 0 Å². The maximum absolute atomic E-state index is 5.68. The van der Waals surface area contributed by atoms with E-state index in [2.05, 4.69) is 47.1 Å².